The Bertz CT molecular complexity index is 678. The molecule has 6 heteroatoms. The summed E-state index contributed by atoms with van der Waals surface area (Å²) in [6, 6.07) is 7.94. The van der Waals surface area contributed by atoms with Crippen molar-refractivity contribution in [1.82, 2.24) is 15.1 Å². The van der Waals surface area contributed by atoms with Crippen LogP contribution in [-0.2, 0) is 16.1 Å². The van der Waals surface area contributed by atoms with E-state index in [9.17, 15) is 9.59 Å². The van der Waals surface area contributed by atoms with Crippen LogP contribution in [0.2, 0.25) is 5.02 Å². The second kappa shape index (κ2) is 7.57. The van der Waals surface area contributed by atoms with Crippen molar-refractivity contribution >= 4 is 23.4 Å². The predicted octanol–water partition coefficient (Wildman–Crippen LogP) is 2.29. The number of benzene rings is 1. The highest BCUT2D eigenvalue weighted by Gasteiger charge is 2.43. The molecule has 2 amide bonds. The van der Waals surface area contributed by atoms with Gasteiger partial charge in [0.15, 0.2) is 0 Å². The monoisotopic (exact) mass is 375 g/mol. The van der Waals surface area contributed by atoms with Crippen LogP contribution in [-0.4, -0.2) is 53.8 Å². The Balaban J connectivity index is 1.30. The van der Waals surface area contributed by atoms with Crippen LogP contribution in [0.1, 0.15) is 31.2 Å². The molecule has 0 unspecified atom stereocenters. The first kappa shape index (κ1) is 17.8. The van der Waals surface area contributed by atoms with Gasteiger partial charge in [0.05, 0.1) is 6.54 Å². The third-order valence-corrected chi connectivity index (χ3v) is 6.28. The molecule has 0 aromatic heterocycles. The fourth-order valence-electron chi connectivity index (χ4n) is 4.90. The Hall–Kier alpha value is -1.59. The number of carbonyl (C=O) groups is 2. The number of nitrogens with zero attached hydrogens (tertiary/aromatic N) is 2. The fourth-order valence-corrected chi connectivity index (χ4v) is 5.03. The minimum Gasteiger partial charge on any atom is -0.351 e. The fraction of sp³-hybridized carbons (Fsp3) is 0.600. The minimum atomic E-state index is 0.0662. The van der Waals surface area contributed by atoms with Crippen molar-refractivity contribution in [3.05, 3.63) is 34.9 Å². The third kappa shape index (κ3) is 3.89. The van der Waals surface area contributed by atoms with Gasteiger partial charge in [-0.15, -0.1) is 0 Å². The van der Waals surface area contributed by atoms with E-state index in [4.69, 9.17) is 11.6 Å². The Morgan fingerprint density at radius 2 is 2.00 bits per heavy atom. The number of carbonyl (C=O) groups excluding carboxylic acids is 2. The molecule has 1 N–H and O–H groups in total. The number of halogens is 1. The summed E-state index contributed by atoms with van der Waals surface area (Å²) in [6.07, 6.45) is 4.06. The van der Waals surface area contributed by atoms with Crippen molar-refractivity contribution in [3.63, 3.8) is 0 Å². The average molecular weight is 376 g/mol. The lowest BCUT2D eigenvalue weighted by Crippen LogP contribution is -2.61. The van der Waals surface area contributed by atoms with Crippen molar-refractivity contribution in [2.45, 2.75) is 38.3 Å². The van der Waals surface area contributed by atoms with E-state index in [1.807, 2.05) is 24.3 Å². The van der Waals surface area contributed by atoms with E-state index in [0.717, 1.165) is 38.0 Å². The number of rotatable bonds is 4. The Morgan fingerprint density at radius 1 is 1.19 bits per heavy atom. The smallest absolute Gasteiger partial charge is 0.234 e. The van der Waals surface area contributed by atoms with Gasteiger partial charge in [-0.3, -0.25) is 14.5 Å². The summed E-state index contributed by atoms with van der Waals surface area (Å²) in [7, 11) is 0. The first-order valence-electron chi connectivity index (χ1n) is 9.61. The molecule has 26 heavy (non-hydrogen) atoms. The van der Waals surface area contributed by atoms with E-state index >= 15 is 0 Å². The first-order valence-corrected chi connectivity index (χ1v) is 9.99. The van der Waals surface area contributed by atoms with E-state index in [0.29, 0.717) is 48.3 Å². The number of fused-ring (bicyclic) bond motifs is 4. The van der Waals surface area contributed by atoms with Crippen LogP contribution in [0.5, 0.6) is 0 Å². The molecule has 5 nitrogen and oxygen atoms in total. The highest BCUT2D eigenvalue weighted by atomic mass is 35.5. The van der Waals surface area contributed by atoms with E-state index in [1.54, 1.807) is 0 Å². The van der Waals surface area contributed by atoms with Crippen LogP contribution in [0.15, 0.2) is 24.3 Å². The molecule has 3 saturated heterocycles. The van der Waals surface area contributed by atoms with Crippen LogP contribution >= 0.6 is 11.6 Å². The summed E-state index contributed by atoms with van der Waals surface area (Å²) in [5, 5.41) is 3.71. The van der Waals surface area contributed by atoms with E-state index in [-0.39, 0.29) is 5.91 Å². The normalized spacial score (nSPS) is 28.6. The molecule has 3 aliphatic heterocycles. The van der Waals surface area contributed by atoms with Gasteiger partial charge < -0.3 is 10.2 Å². The maximum Gasteiger partial charge on any atom is 0.234 e. The first-order chi connectivity index (χ1) is 12.6. The van der Waals surface area contributed by atoms with Gasteiger partial charge in [-0.25, -0.2) is 0 Å². The molecule has 3 fully saturated rings. The predicted molar refractivity (Wildman–Crippen MR) is 101 cm³/mol. The zero-order chi connectivity index (χ0) is 18.1. The molecule has 2 bridgehead atoms. The van der Waals surface area contributed by atoms with Crippen LogP contribution in [0.25, 0.3) is 0 Å². The number of piperidine rings is 3. The molecule has 3 heterocycles. The summed E-state index contributed by atoms with van der Waals surface area (Å²) in [5.41, 5.74) is 1.05. The van der Waals surface area contributed by atoms with Gasteiger partial charge in [0.1, 0.15) is 0 Å². The topological polar surface area (TPSA) is 52.7 Å². The summed E-state index contributed by atoms with van der Waals surface area (Å²) < 4.78 is 0. The summed E-state index contributed by atoms with van der Waals surface area (Å²) >= 11 is 5.89. The number of hydrogen-bond donors (Lipinski definition) is 1. The molecule has 3 aliphatic rings. The van der Waals surface area contributed by atoms with Crippen molar-refractivity contribution in [2.75, 3.05) is 26.2 Å². The van der Waals surface area contributed by atoms with Crippen molar-refractivity contribution in [3.8, 4) is 0 Å². The molecule has 140 valence electrons. The third-order valence-electron chi connectivity index (χ3n) is 6.03. The molecule has 4 rings (SSSR count). The van der Waals surface area contributed by atoms with Gasteiger partial charge >= 0.3 is 0 Å². The largest absolute Gasteiger partial charge is 0.351 e. The van der Waals surface area contributed by atoms with Gasteiger partial charge in [-0.05, 0) is 48.8 Å². The second-order valence-corrected chi connectivity index (χ2v) is 8.40. The van der Waals surface area contributed by atoms with Crippen LogP contribution < -0.4 is 5.32 Å². The highest BCUT2D eigenvalue weighted by molar-refractivity contribution is 6.30. The molecule has 0 radical (unpaired) electrons. The molecular formula is C20H26ClN3O2. The standard InChI is InChI=1S/C20H26ClN3O2/c21-17-6-4-14(5-7-17)9-22-19(25)13-23-10-15-8-16(12-23)18-2-1-3-20(26)24(18)11-15/h4-7,15-16,18H,1-3,8-13H2,(H,22,25)/t15-,16-,18-/m1/s1. The minimum absolute atomic E-state index is 0.0662. The average Bonchev–Trinajstić information content (AvgIpc) is 2.62. The van der Waals surface area contributed by atoms with Gasteiger partial charge in [-0.2, -0.15) is 0 Å². The Labute approximate surface area is 159 Å². The van der Waals surface area contributed by atoms with E-state index in [1.165, 1.54) is 6.42 Å². The van der Waals surface area contributed by atoms with Crippen molar-refractivity contribution < 1.29 is 9.59 Å². The van der Waals surface area contributed by atoms with Crippen LogP contribution in [0.4, 0.5) is 0 Å². The molecular weight excluding hydrogens is 350 g/mol. The summed E-state index contributed by atoms with van der Waals surface area (Å²) in [5.74, 6) is 1.44. The molecule has 1 aromatic carbocycles. The lowest BCUT2D eigenvalue weighted by atomic mass is 9.76. The summed E-state index contributed by atoms with van der Waals surface area (Å²) in [6.45, 7) is 3.70. The number of amides is 2. The molecule has 0 saturated carbocycles. The second-order valence-electron chi connectivity index (χ2n) is 7.96. The SMILES string of the molecule is O=C(CN1C[C@H]2C[C@H](C1)[C@H]1CCCC(=O)N1C2)NCc1ccc(Cl)cc1. The molecule has 1 aromatic rings. The molecule has 0 spiro atoms. The lowest BCUT2D eigenvalue weighted by molar-refractivity contribution is -0.145. The van der Waals surface area contributed by atoms with Crippen molar-refractivity contribution in [1.29, 1.82) is 0 Å². The van der Waals surface area contributed by atoms with Gasteiger partial charge in [0, 0.05) is 43.7 Å². The zero-order valence-corrected chi connectivity index (χ0v) is 15.8. The van der Waals surface area contributed by atoms with E-state index < -0.39 is 0 Å². The quantitative estimate of drug-likeness (QED) is 0.878. The van der Waals surface area contributed by atoms with Crippen molar-refractivity contribution in [2.24, 2.45) is 11.8 Å². The van der Waals surface area contributed by atoms with Gasteiger partial charge in [0.25, 0.3) is 0 Å². The summed E-state index contributed by atoms with van der Waals surface area (Å²) in [4.78, 5) is 29.0. The Kier molecular flexibility index (Phi) is 5.18. The maximum atomic E-state index is 12.4. The zero-order valence-electron chi connectivity index (χ0n) is 15.0. The number of likely N-dealkylation sites (tertiary alicyclic amines) is 1. The van der Waals surface area contributed by atoms with Crippen LogP contribution in [0.3, 0.4) is 0 Å². The molecule has 3 atom stereocenters. The van der Waals surface area contributed by atoms with Gasteiger partial charge in [-0.1, -0.05) is 23.7 Å². The highest BCUT2D eigenvalue weighted by Crippen LogP contribution is 2.37. The lowest BCUT2D eigenvalue weighted by Gasteiger charge is -2.52. The van der Waals surface area contributed by atoms with E-state index in [2.05, 4.69) is 15.1 Å². The van der Waals surface area contributed by atoms with Gasteiger partial charge in [0.2, 0.25) is 11.8 Å². The number of hydrogen-bond acceptors (Lipinski definition) is 3. The number of nitrogens with one attached hydrogen (secondary N) is 1. The Morgan fingerprint density at radius 3 is 2.81 bits per heavy atom. The van der Waals surface area contributed by atoms with Crippen LogP contribution in [0, 0.1) is 11.8 Å². The maximum absolute atomic E-state index is 12.4. The molecule has 0 aliphatic carbocycles.